The van der Waals surface area contributed by atoms with Crippen molar-refractivity contribution in [1.82, 2.24) is 14.6 Å². The minimum atomic E-state index is -0.452. The lowest BCUT2D eigenvalue weighted by Crippen LogP contribution is -2.33. The summed E-state index contributed by atoms with van der Waals surface area (Å²) < 4.78 is 1.80. The molecule has 27 heavy (non-hydrogen) atoms. The molecular weight excluding hydrogens is 342 g/mol. The fourth-order valence-electron chi connectivity index (χ4n) is 3.39. The molecule has 1 fully saturated rings. The lowest BCUT2D eigenvalue weighted by Gasteiger charge is -2.27. The number of amides is 1. The van der Waals surface area contributed by atoms with E-state index in [9.17, 15) is 4.79 Å². The van der Waals surface area contributed by atoms with Crippen LogP contribution in [0.4, 0.5) is 17.5 Å². The van der Waals surface area contributed by atoms with Gasteiger partial charge in [-0.3, -0.25) is 4.79 Å². The highest BCUT2D eigenvalue weighted by Gasteiger charge is 2.19. The van der Waals surface area contributed by atoms with Crippen LogP contribution in [-0.2, 0) is 0 Å². The standard InChI is InChI=1S/C19H23N7O/c20-13-6-10-14(11-7-13)22-16-2-1-3-17-24-19(25-26(16)17)23-15-8-4-12(5-9-15)18(21)27/h1-5,8-9,13-14,22H,6-7,10-11,20H2,(H2,21,27)(H,23,25)/t13-,14-. The predicted molar refractivity (Wildman–Crippen MR) is 105 cm³/mol. The van der Waals surface area contributed by atoms with Gasteiger partial charge < -0.3 is 22.1 Å². The first-order chi connectivity index (χ1) is 13.1. The maximum Gasteiger partial charge on any atom is 0.248 e. The molecule has 0 spiro atoms. The van der Waals surface area contributed by atoms with Crippen LogP contribution in [0.25, 0.3) is 5.65 Å². The largest absolute Gasteiger partial charge is 0.367 e. The van der Waals surface area contributed by atoms with E-state index in [0.29, 0.717) is 23.6 Å². The van der Waals surface area contributed by atoms with Gasteiger partial charge in [0.25, 0.3) is 0 Å². The Morgan fingerprint density at radius 3 is 2.52 bits per heavy atom. The van der Waals surface area contributed by atoms with Crippen molar-refractivity contribution in [1.29, 1.82) is 0 Å². The van der Waals surface area contributed by atoms with Gasteiger partial charge in [-0.05, 0) is 62.1 Å². The monoisotopic (exact) mass is 365 g/mol. The topological polar surface area (TPSA) is 123 Å². The van der Waals surface area contributed by atoms with E-state index in [0.717, 1.165) is 42.8 Å². The molecule has 1 aliphatic carbocycles. The lowest BCUT2D eigenvalue weighted by atomic mass is 9.92. The van der Waals surface area contributed by atoms with E-state index >= 15 is 0 Å². The molecule has 2 aromatic heterocycles. The third kappa shape index (κ3) is 3.85. The zero-order valence-electron chi connectivity index (χ0n) is 14.9. The Kier molecular flexibility index (Phi) is 4.64. The maximum absolute atomic E-state index is 11.2. The Hall–Kier alpha value is -3.13. The highest BCUT2D eigenvalue weighted by atomic mass is 16.1. The van der Waals surface area contributed by atoms with Gasteiger partial charge in [0.2, 0.25) is 11.9 Å². The quantitative estimate of drug-likeness (QED) is 0.550. The second-order valence-corrected chi connectivity index (χ2v) is 6.94. The van der Waals surface area contributed by atoms with Crippen LogP contribution in [-0.4, -0.2) is 32.6 Å². The number of hydrogen-bond acceptors (Lipinski definition) is 6. The van der Waals surface area contributed by atoms with Crippen LogP contribution in [0, 0.1) is 0 Å². The first-order valence-electron chi connectivity index (χ1n) is 9.13. The van der Waals surface area contributed by atoms with Crippen molar-refractivity contribution in [2.75, 3.05) is 10.6 Å². The summed E-state index contributed by atoms with van der Waals surface area (Å²) in [5.41, 5.74) is 13.3. The van der Waals surface area contributed by atoms with Crippen molar-refractivity contribution < 1.29 is 4.79 Å². The smallest absolute Gasteiger partial charge is 0.248 e. The van der Waals surface area contributed by atoms with E-state index in [1.54, 1.807) is 28.8 Å². The molecular formula is C19H23N7O. The van der Waals surface area contributed by atoms with E-state index in [2.05, 4.69) is 20.7 Å². The van der Waals surface area contributed by atoms with Gasteiger partial charge in [0, 0.05) is 23.3 Å². The van der Waals surface area contributed by atoms with E-state index in [1.165, 1.54) is 0 Å². The molecule has 8 heteroatoms. The van der Waals surface area contributed by atoms with Crippen molar-refractivity contribution >= 4 is 29.0 Å². The summed E-state index contributed by atoms with van der Waals surface area (Å²) >= 11 is 0. The average molecular weight is 365 g/mol. The van der Waals surface area contributed by atoms with Crippen LogP contribution >= 0.6 is 0 Å². The highest BCUT2D eigenvalue weighted by molar-refractivity contribution is 5.93. The SMILES string of the molecule is NC(=O)c1ccc(Nc2nc3cccc(N[C@H]4CC[C@H](N)CC4)n3n2)cc1. The molecule has 0 bridgehead atoms. The molecule has 0 saturated heterocycles. The predicted octanol–water partition coefficient (Wildman–Crippen LogP) is 2.25. The van der Waals surface area contributed by atoms with Gasteiger partial charge in [-0.15, -0.1) is 5.10 Å². The Morgan fingerprint density at radius 2 is 1.81 bits per heavy atom. The Bertz CT molecular complexity index is 942. The summed E-state index contributed by atoms with van der Waals surface area (Å²) in [5.74, 6) is 0.950. The van der Waals surface area contributed by atoms with Crippen LogP contribution in [0.15, 0.2) is 42.5 Å². The number of anilines is 3. The number of carbonyl (C=O) groups excluding carboxylic acids is 1. The number of benzene rings is 1. The second kappa shape index (κ2) is 7.24. The molecule has 140 valence electrons. The van der Waals surface area contributed by atoms with E-state index in [4.69, 9.17) is 11.5 Å². The molecule has 1 aliphatic rings. The molecule has 3 aromatic rings. The van der Waals surface area contributed by atoms with E-state index in [1.807, 2.05) is 18.2 Å². The third-order valence-corrected chi connectivity index (χ3v) is 4.91. The number of hydrogen-bond donors (Lipinski definition) is 4. The zero-order chi connectivity index (χ0) is 18.8. The number of pyridine rings is 1. The molecule has 1 aromatic carbocycles. The van der Waals surface area contributed by atoms with Gasteiger partial charge >= 0.3 is 0 Å². The number of nitrogens with two attached hydrogens (primary N) is 2. The molecule has 1 saturated carbocycles. The molecule has 6 N–H and O–H groups in total. The summed E-state index contributed by atoms with van der Waals surface area (Å²) in [5, 5.41) is 11.3. The fourth-order valence-corrected chi connectivity index (χ4v) is 3.39. The van der Waals surface area contributed by atoms with Crippen LogP contribution in [0.1, 0.15) is 36.0 Å². The Balaban J connectivity index is 1.52. The van der Waals surface area contributed by atoms with E-state index in [-0.39, 0.29) is 0 Å². The molecule has 0 atom stereocenters. The van der Waals surface area contributed by atoms with Gasteiger partial charge in [-0.25, -0.2) is 0 Å². The van der Waals surface area contributed by atoms with Crippen LogP contribution in [0.5, 0.6) is 0 Å². The number of carbonyl (C=O) groups is 1. The first kappa shape index (κ1) is 17.3. The van der Waals surface area contributed by atoms with Crippen molar-refractivity contribution in [2.24, 2.45) is 11.5 Å². The Morgan fingerprint density at radius 1 is 1.07 bits per heavy atom. The first-order valence-corrected chi connectivity index (χ1v) is 9.13. The number of primary amides is 1. The van der Waals surface area contributed by atoms with Gasteiger partial charge in [-0.1, -0.05) is 6.07 Å². The normalized spacial score (nSPS) is 19.7. The zero-order valence-corrected chi connectivity index (χ0v) is 14.9. The summed E-state index contributed by atoms with van der Waals surface area (Å²) in [6, 6.07) is 13.5. The minimum Gasteiger partial charge on any atom is -0.367 e. The van der Waals surface area contributed by atoms with Gasteiger partial charge in [-0.2, -0.15) is 9.50 Å². The average Bonchev–Trinajstić information content (AvgIpc) is 3.07. The molecule has 0 unspecified atom stereocenters. The number of fused-ring (bicyclic) bond motifs is 1. The molecule has 4 rings (SSSR count). The fraction of sp³-hybridized carbons (Fsp3) is 0.316. The summed E-state index contributed by atoms with van der Waals surface area (Å²) in [6.45, 7) is 0. The van der Waals surface area contributed by atoms with Gasteiger partial charge in [0.15, 0.2) is 5.65 Å². The number of aromatic nitrogens is 3. The number of nitrogens with one attached hydrogen (secondary N) is 2. The molecule has 1 amide bonds. The van der Waals surface area contributed by atoms with Crippen molar-refractivity contribution in [3.8, 4) is 0 Å². The Labute approximate surface area is 157 Å². The molecule has 0 radical (unpaired) electrons. The second-order valence-electron chi connectivity index (χ2n) is 6.94. The molecule has 0 aliphatic heterocycles. The number of nitrogens with zero attached hydrogens (tertiary/aromatic N) is 3. The summed E-state index contributed by atoms with van der Waals surface area (Å²) in [7, 11) is 0. The van der Waals surface area contributed by atoms with E-state index < -0.39 is 5.91 Å². The minimum absolute atomic E-state index is 0.321. The van der Waals surface area contributed by atoms with Crippen LogP contribution in [0.3, 0.4) is 0 Å². The van der Waals surface area contributed by atoms with Crippen molar-refractivity contribution in [2.45, 2.75) is 37.8 Å². The summed E-state index contributed by atoms with van der Waals surface area (Å²) in [4.78, 5) is 15.7. The van der Waals surface area contributed by atoms with Crippen molar-refractivity contribution in [3.05, 3.63) is 48.0 Å². The molecule has 2 heterocycles. The third-order valence-electron chi connectivity index (χ3n) is 4.91. The van der Waals surface area contributed by atoms with Gasteiger partial charge in [0.05, 0.1) is 0 Å². The van der Waals surface area contributed by atoms with Crippen LogP contribution < -0.4 is 22.1 Å². The van der Waals surface area contributed by atoms with Crippen molar-refractivity contribution in [3.63, 3.8) is 0 Å². The maximum atomic E-state index is 11.2. The van der Waals surface area contributed by atoms with Crippen LogP contribution in [0.2, 0.25) is 0 Å². The lowest BCUT2D eigenvalue weighted by molar-refractivity contribution is 0.100. The number of rotatable bonds is 5. The highest BCUT2D eigenvalue weighted by Crippen LogP contribution is 2.22. The van der Waals surface area contributed by atoms with Gasteiger partial charge in [0.1, 0.15) is 5.82 Å². The summed E-state index contributed by atoms with van der Waals surface area (Å²) in [6.07, 6.45) is 4.20. The molecule has 8 nitrogen and oxygen atoms in total.